The van der Waals surface area contributed by atoms with Gasteiger partial charge in [-0.05, 0) is 24.6 Å². The van der Waals surface area contributed by atoms with E-state index in [1.54, 1.807) is 6.07 Å². The zero-order chi connectivity index (χ0) is 15.9. The number of amides is 1. The van der Waals surface area contributed by atoms with Crippen molar-refractivity contribution in [3.63, 3.8) is 0 Å². The van der Waals surface area contributed by atoms with Crippen molar-refractivity contribution >= 4 is 27.5 Å². The highest BCUT2D eigenvalue weighted by Gasteiger charge is 2.32. The van der Waals surface area contributed by atoms with Crippen molar-refractivity contribution in [2.24, 2.45) is 0 Å². The third kappa shape index (κ3) is 7.22. The van der Waals surface area contributed by atoms with Gasteiger partial charge in [-0.25, -0.2) is 0 Å². The van der Waals surface area contributed by atoms with Gasteiger partial charge in [0.2, 0.25) is 5.91 Å². The predicted molar refractivity (Wildman–Crippen MR) is 77.2 cm³/mol. The first-order valence-corrected chi connectivity index (χ1v) is 7.17. The first-order valence-electron chi connectivity index (χ1n) is 6.37. The number of carbonyl (C=O) groups is 1. The predicted octanol–water partition coefficient (Wildman–Crippen LogP) is 3.68. The lowest BCUT2D eigenvalue weighted by Crippen LogP contribution is -2.30. The fraction of sp³-hybridized carbons (Fsp3) is 0.462. The number of halogens is 4. The normalized spacial score (nSPS) is 11.1. The number of ether oxygens (including phenoxy) is 1. The van der Waals surface area contributed by atoms with Gasteiger partial charge >= 0.3 is 6.36 Å². The third-order valence-electron chi connectivity index (χ3n) is 2.46. The molecule has 2 N–H and O–H groups in total. The van der Waals surface area contributed by atoms with Gasteiger partial charge in [-0.1, -0.05) is 29.3 Å². The number of carbonyl (C=O) groups excluding carboxylic acids is 1. The number of nitrogens with one attached hydrogen (secondary N) is 2. The SMILES string of the molecule is CCCCNC(=O)CNc1ccc(Br)cc1OC(F)(F)F. The van der Waals surface area contributed by atoms with Gasteiger partial charge in [0.05, 0.1) is 12.2 Å². The van der Waals surface area contributed by atoms with Gasteiger partial charge in [0.15, 0.2) is 5.75 Å². The molecule has 1 amide bonds. The molecule has 4 nitrogen and oxygen atoms in total. The molecule has 1 aromatic carbocycles. The Morgan fingerprint density at radius 2 is 2.10 bits per heavy atom. The fourth-order valence-electron chi connectivity index (χ4n) is 1.49. The molecule has 0 aliphatic carbocycles. The number of benzene rings is 1. The van der Waals surface area contributed by atoms with Gasteiger partial charge in [-0.3, -0.25) is 4.79 Å². The summed E-state index contributed by atoms with van der Waals surface area (Å²) >= 11 is 3.07. The van der Waals surface area contributed by atoms with Crippen LogP contribution in [0.3, 0.4) is 0 Å². The highest BCUT2D eigenvalue weighted by atomic mass is 79.9. The van der Waals surface area contributed by atoms with Crippen molar-refractivity contribution in [3.05, 3.63) is 22.7 Å². The number of anilines is 1. The van der Waals surface area contributed by atoms with Crippen LogP contribution >= 0.6 is 15.9 Å². The van der Waals surface area contributed by atoms with E-state index in [0.717, 1.165) is 12.8 Å². The summed E-state index contributed by atoms with van der Waals surface area (Å²) in [6.45, 7) is 2.41. The Labute approximate surface area is 129 Å². The molecule has 0 bridgehead atoms. The standard InChI is InChI=1S/C13H16BrF3N2O2/c1-2-3-6-18-12(20)8-19-10-5-4-9(14)7-11(10)21-13(15,16)17/h4-5,7,19H,2-3,6,8H2,1H3,(H,18,20). The molecule has 1 aromatic rings. The third-order valence-corrected chi connectivity index (χ3v) is 2.95. The summed E-state index contributed by atoms with van der Waals surface area (Å²) in [4.78, 5) is 11.5. The second-order valence-corrected chi connectivity index (χ2v) is 5.16. The van der Waals surface area contributed by atoms with Crippen LogP contribution in [0.5, 0.6) is 5.75 Å². The van der Waals surface area contributed by atoms with Crippen LogP contribution < -0.4 is 15.4 Å². The fourth-order valence-corrected chi connectivity index (χ4v) is 1.83. The number of unbranched alkanes of at least 4 members (excludes halogenated alkanes) is 1. The van der Waals surface area contributed by atoms with E-state index >= 15 is 0 Å². The average molecular weight is 369 g/mol. The maximum Gasteiger partial charge on any atom is 0.573 e. The molecule has 0 aromatic heterocycles. The molecule has 0 atom stereocenters. The first kappa shape index (κ1) is 17.6. The summed E-state index contributed by atoms with van der Waals surface area (Å²) in [6, 6.07) is 4.15. The van der Waals surface area contributed by atoms with Crippen molar-refractivity contribution in [2.45, 2.75) is 26.1 Å². The lowest BCUT2D eigenvalue weighted by atomic mass is 10.3. The second-order valence-electron chi connectivity index (χ2n) is 4.25. The Bertz CT molecular complexity index is 481. The van der Waals surface area contributed by atoms with Crippen LogP contribution in [-0.2, 0) is 4.79 Å². The molecule has 21 heavy (non-hydrogen) atoms. The Morgan fingerprint density at radius 1 is 1.38 bits per heavy atom. The van der Waals surface area contributed by atoms with Crippen molar-refractivity contribution in [1.29, 1.82) is 0 Å². The molecule has 0 spiro atoms. The monoisotopic (exact) mass is 368 g/mol. The summed E-state index contributed by atoms with van der Waals surface area (Å²) in [5, 5.41) is 5.29. The molecule has 8 heteroatoms. The Hall–Kier alpha value is -1.44. The smallest absolute Gasteiger partial charge is 0.404 e. The number of hydrogen-bond acceptors (Lipinski definition) is 3. The van der Waals surface area contributed by atoms with Gasteiger partial charge in [-0.2, -0.15) is 0 Å². The minimum absolute atomic E-state index is 0.0983. The molecule has 0 saturated carbocycles. The molecule has 0 radical (unpaired) electrons. The van der Waals surface area contributed by atoms with Crippen LogP contribution in [0.25, 0.3) is 0 Å². The van der Waals surface area contributed by atoms with Crippen molar-refractivity contribution in [2.75, 3.05) is 18.4 Å². The Kier molecular flexibility index (Phi) is 6.80. The first-order chi connectivity index (χ1) is 9.81. The molecule has 0 unspecified atom stereocenters. The van der Waals surface area contributed by atoms with Crippen LogP contribution in [0.1, 0.15) is 19.8 Å². The maximum absolute atomic E-state index is 12.3. The topological polar surface area (TPSA) is 50.4 Å². The van der Waals surface area contributed by atoms with E-state index in [1.165, 1.54) is 12.1 Å². The lowest BCUT2D eigenvalue weighted by Gasteiger charge is -2.15. The molecule has 1 rings (SSSR count). The zero-order valence-corrected chi connectivity index (χ0v) is 13.0. The highest BCUT2D eigenvalue weighted by Crippen LogP contribution is 2.32. The van der Waals surface area contributed by atoms with Gasteiger partial charge in [-0.15, -0.1) is 13.2 Å². The van der Waals surface area contributed by atoms with Crippen molar-refractivity contribution in [1.82, 2.24) is 5.32 Å². The summed E-state index contributed by atoms with van der Waals surface area (Å²) in [5.74, 6) is -0.678. The van der Waals surface area contributed by atoms with Crippen molar-refractivity contribution in [3.8, 4) is 5.75 Å². The average Bonchev–Trinajstić information content (AvgIpc) is 2.36. The molecule has 0 aliphatic heterocycles. The molecular formula is C13H16BrF3N2O2. The summed E-state index contributed by atoms with van der Waals surface area (Å²) in [5.41, 5.74) is 0.0983. The van der Waals surface area contributed by atoms with E-state index in [2.05, 4.69) is 31.3 Å². The van der Waals surface area contributed by atoms with Crippen LogP contribution in [0.15, 0.2) is 22.7 Å². The van der Waals surface area contributed by atoms with E-state index in [0.29, 0.717) is 11.0 Å². The zero-order valence-electron chi connectivity index (χ0n) is 11.4. The summed E-state index contributed by atoms with van der Waals surface area (Å²) < 4.78 is 41.3. The highest BCUT2D eigenvalue weighted by molar-refractivity contribution is 9.10. The van der Waals surface area contributed by atoms with Crippen molar-refractivity contribution < 1.29 is 22.7 Å². The number of rotatable bonds is 7. The van der Waals surface area contributed by atoms with E-state index in [9.17, 15) is 18.0 Å². The summed E-state index contributed by atoms with van der Waals surface area (Å²) in [6.07, 6.45) is -2.99. The van der Waals surface area contributed by atoms with Gasteiger partial charge < -0.3 is 15.4 Å². The number of hydrogen-bond donors (Lipinski definition) is 2. The molecular weight excluding hydrogens is 353 g/mol. The van der Waals surface area contributed by atoms with Gasteiger partial charge in [0.1, 0.15) is 0 Å². The molecule has 118 valence electrons. The summed E-state index contributed by atoms with van der Waals surface area (Å²) in [7, 11) is 0. The van der Waals surface area contributed by atoms with Crippen LogP contribution in [0.2, 0.25) is 0 Å². The number of alkyl halides is 3. The molecule has 0 saturated heterocycles. The lowest BCUT2D eigenvalue weighted by molar-refractivity contribution is -0.274. The second kappa shape index (κ2) is 8.11. The largest absolute Gasteiger partial charge is 0.573 e. The Balaban J connectivity index is 2.63. The van der Waals surface area contributed by atoms with Crippen LogP contribution in [0, 0.1) is 0 Å². The molecule has 0 aliphatic rings. The minimum Gasteiger partial charge on any atom is -0.404 e. The van der Waals surface area contributed by atoms with Gasteiger partial charge in [0, 0.05) is 11.0 Å². The van der Waals surface area contributed by atoms with Gasteiger partial charge in [0.25, 0.3) is 0 Å². The van der Waals surface area contributed by atoms with E-state index in [-0.39, 0.29) is 18.1 Å². The maximum atomic E-state index is 12.3. The van der Waals surface area contributed by atoms with Crippen LogP contribution in [-0.4, -0.2) is 25.4 Å². The quantitative estimate of drug-likeness (QED) is 0.721. The molecule has 0 fully saturated rings. The van der Waals surface area contributed by atoms with E-state index in [1.807, 2.05) is 6.92 Å². The minimum atomic E-state index is -4.79. The molecule has 0 heterocycles. The van der Waals surface area contributed by atoms with Crippen LogP contribution in [0.4, 0.5) is 18.9 Å². The van der Waals surface area contributed by atoms with E-state index in [4.69, 9.17) is 0 Å². The Morgan fingerprint density at radius 3 is 2.71 bits per heavy atom. The van der Waals surface area contributed by atoms with E-state index < -0.39 is 12.1 Å².